The van der Waals surface area contributed by atoms with E-state index in [1.807, 2.05) is 6.20 Å². The van der Waals surface area contributed by atoms with Gasteiger partial charge in [-0.05, 0) is 37.1 Å². The van der Waals surface area contributed by atoms with Crippen LogP contribution in [-0.2, 0) is 13.0 Å². The molecule has 20 heavy (non-hydrogen) atoms. The number of aromatic nitrogens is 2. The minimum atomic E-state index is 0.889. The molecule has 0 spiro atoms. The molecule has 0 unspecified atom stereocenters. The predicted octanol–water partition coefficient (Wildman–Crippen LogP) is 4.09. The molecule has 0 atom stereocenters. The lowest BCUT2D eigenvalue weighted by Crippen LogP contribution is -2.16. The largest absolute Gasteiger partial charge is 0.313 e. The highest BCUT2D eigenvalue weighted by molar-refractivity contribution is 9.10. The smallest absolute Gasteiger partial charge is 0.113 e. The van der Waals surface area contributed by atoms with Crippen LogP contribution in [0.25, 0.3) is 5.69 Å². The Labute approximate surface area is 129 Å². The summed E-state index contributed by atoms with van der Waals surface area (Å²) in [5, 5.41) is 3.48. The average Bonchev–Trinajstić information content (AvgIpc) is 2.89. The summed E-state index contributed by atoms with van der Waals surface area (Å²) in [5.74, 6) is 1.13. The molecule has 0 bridgehead atoms. The fourth-order valence-corrected chi connectivity index (χ4v) is 2.62. The molecule has 1 aromatic carbocycles. The van der Waals surface area contributed by atoms with Crippen LogP contribution >= 0.6 is 15.9 Å². The Morgan fingerprint density at radius 1 is 1.25 bits per heavy atom. The number of halogens is 1. The zero-order valence-corrected chi connectivity index (χ0v) is 13.8. The Morgan fingerprint density at radius 3 is 2.85 bits per heavy atom. The van der Waals surface area contributed by atoms with Gasteiger partial charge in [0.1, 0.15) is 5.82 Å². The molecule has 0 aliphatic carbocycles. The fraction of sp³-hybridized carbons (Fsp3) is 0.438. The minimum absolute atomic E-state index is 0.889. The number of imidazole rings is 1. The maximum Gasteiger partial charge on any atom is 0.113 e. The molecule has 0 radical (unpaired) electrons. The van der Waals surface area contributed by atoms with Crippen molar-refractivity contribution in [1.29, 1.82) is 0 Å². The predicted molar refractivity (Wildman–Crippen MR) is 87.3 cm³/mol. The van der Waals surface area contributed by atoms with Gasteiger partial charge in [-0.3, -0.25) is 0 Å². The van der Waals surface area contributed by atoms with Gasteiger partial charge in [0.15, 0.2) is 0 Å². The van der Waals surface area contributed by atoms with Crippen LogP contribution in [0.2, 0.25) is 0 Å². The van der Waals surface area contributed by atoms with Crippen molar-refractivity contribution in [3.8, 4) is 5.69 Å². The van der Waals surface area contributed by atoms with Crippen LogP contribution in [0.1, 0.15) is 38.1 Å². The minimum Gasteiger partial charge on any atom is -0.313 e. The molecular formula is C16H22BrN3. The summed E-state index contributed by atoms with van der Waals surface area (Å²) in [6.07, 6.45) is 7.19. The first kappa shape index (κ1) is 15.3. The Hall–Kier alpha value is -1.13. The quantitative estimate of drug-likeness (QED) is 0.772. The summed E-state index contributed by atoms with van der Waals surface area (Å²) < 4.78 is 3.31. The van der Waals surface area contributed by atoms with Gasteiger partial charge in [-0.25, -0.2) is 4.98 Å². The second-order valence-electron chi connectivity index (χ2n) is 4.91. The van der Waals surface area contributed by atoms with E-state index in [9.17, 15) is 0 Å². The molecule has 0 fully saturated rings. The third kappa shape index (κ3) is 3.70. The van der Waals surface area contributed by atoms with Gasteiger partial charge in [0.2, 0.25) is 0 Å². The second kappa shape index (κ2) is 7.60. The van der Waals surface area contributed by atoms with Crippen LogP contribution in [0.5, 0.6) is 0 Å². The molecule has 0 aliphatic rings. The van der Waals surface area contributed by atoms with Gasteiger partial charge in [-0.1, -0.05) is 35.8 Å². The molecule has 1 heterocycles. The SMILES string of the molecule is CCCNCc1ccc(Br)cc1-n1ccnc1CCC. The van der Waals surface area contributed by atoms with Crippen molar-refractivity contribution in [2.75, 3.05) is 6.54 Å². The van der Waals surface area contributed by atoms with E-state index in [1.54, 1.807) is 0 Å². The van der Waals surface area contributed by atoms with Crippen LogP contribution in [0.4, 0.5) is 0 Å². The van der Waals surface area contributed by atoms with Gasteiger partial charge in [-0.2, -0.15) is 0 Å². The van der Waals surface area contributed by atoms with Gasteiger partial charge in [0.05, 0.1) is 5.69 Å². The first-order chi connectivity index (χ1) is 9.76. The van der Waals surface area contributed by atoms with Crippen LogP contribution in [0.3, 0.4) is 0 Å². The first-order valence-electron chi connectivity index (χ1n) is 7.28. The number of rotatable bonds is 7. The van der Waals surface area contributed by atoms with Gasteiger partial charge in [-0.15, -0.1) is 0 Å². The van der Waals surface area contributed by atoms with E-state index in [2.05, 4.69) is 69.0 Å². The molecule has 1 aromatic heterocycles. The van der Waals surface area contributed by atoms with Gasteiger partial charge in [0, 0.05) is 29.8 Å². The average molecular weight is 336 g/mol. The molecule has 3 nitrogen and oxygen atoms in total. The Bertz CT molecular complexity index is 548. The third-order valence-electron chi connectivity index (χ3n) is 3.24. The second-order valence-corrected chi connectivity index (χ2v) is 5.83. The molecule has 1 N–H and O–H groups in total. The van der Waals surface area contributed by atoms with E-state index in [0.717, 1.165) is 42.6 Å². The lowest BCUT2D eigenvalue weighted by atomic mass is 10.1. The number of nitrogens with one attached hydrogen (secondary N) is 1. The summed E-state index contributed by atoms with van der Waals surface area (Å²) in [6.45, 7) is 6.30. The van der Waals surface area contributed by atoms with Gasteiger partial charge >= 0.3 is 0 Å². The molecule has 0 amide bonds. The van der Waals surface area contributed by atoms with E-state index < -0.39 is 0 Å². The number of aryl methyl sites for hydroxylation is 1. The highest BCUT2D eigenvalue weighted by Gasteiger charge is 2.09. The standard InChI is InChI=1S/C16H22BrN3/c1-3-5-16-19-9-10-20(16)15-11-14(17)7-6-13(15)12-18-8-4-2/h6-7,9-11,18H,3-5,8,12H2,1-2H3. The topological polar surface area (TPSA) is 29.9 Å². The highest BCUT2D eigenvalue weighted by Crippen LogP contribution is 2.22. The van der Waals surface area contributed by atoms with Crippen LogP contribution in [0.15, 0.2) is 35.1 Å². The van der Waals surface area contributed by atoms with Crippen molar-refractivity contribution < 1.29 is 0 Å². The number of nitrogens with zero attached hydrogens (tertiary/aromatic N) is 2. The molecule has 0 aliphatic heterocycles. The summed E-state index contributed by atoms with van der Waals surface area (Å²) in [4.78, 5) is 4.48. The molecule has 4 heteroatoms. The summed E-state index contributed by atoms with van der Waals surface area (Å²) in [6, 6.07) is 6.45. The van der Waals surface area contributed by atoms with Gasteiger partial charge in [0.25, 0.3) is 0 Å². The Balaban J connectivity index is 2.32. The fourth-order valence-electron chi connectivity index (χ4n) is 2.27. The van der Waals surface area contributed by atoms with Crippen LogP contribution in [-0.4, -0.2) is 16.1 Å². The molecule has 2 rings (SSSR count). The molecule has 0 saturated carbocycles. The summed E-state index contributed by atoms with van der Waals surface area (Å²) in [7, 11) is 0. The molecule has 2 aromatic rings. The third-order valence-corrected chi connectivity index (χ3v) is 3.73. The van der Waals surface area contributed by atoms with E-state index in [-0.39, 0.29) is 0 Å². The first-order valence-corrected chi connectivity index (χ1v) is 8.07. The maximum absolute atomic E-state index is 4.48. The molecular weight excluding hydrogens is 314 g/mol. The zero-order valence-electron chi connectivity index (χ0n) is 12.2. The van der Waals surface area contributed by atoms with Crippen molar-refractivity contribution in [3.63, 3.8) is 0 Å². The lowest BCUT2D eigenvalue weighted by Gasteiger charge is -2.14. The summed E-state index contributed by atoms with van der Waals surface area (Å²) in [5.41, 5.74) is 2.51. The van der Waals surface area contributed by atoms with Crippen molar-refractivity contribution in [2.45, 2.75) is 39.7 Å². The highest BCUT2D eigenvalue weighted by atomic mass is 79.9. The molecule has 108 valence electrons. The molecule has 0 saturated heterocycles. The lowest BCUT2D eigenvalue weighted by molar-refractivity contribution is 0.671. The monoisotopic (exact) mass is 335 g/mol. The number of benzene rings is 1. The van der Waals surface area contributed by atoms with Crippen molar-refractivity contribution in [3.05, 3.63) is 46.5 Å². The number of hydrogen-bond donors (Lipinski definition) is 1. The Morgan fingerprint density at radius 2 is 2.10 bits per heavy atom. The van der Waals surface area contributed by atoms with Crippen LogP contribution < -0.4 is 5.32 Å². The van der Waals surface area contributed by atoms with Gasteiger partial charge < -0.3 is 9.88 Å². The maximum atomic E-state index is 4.48. The van der Waals surface area contributed by atoms with Crippen LogP contribution in [0, 0.1) is 0 Å². The zero-order chi connectivity index (χ0) is 14.4. The Kier molecular flexibility index (Phi) is 5.80. The van der Waals surface area contributed by atoms with Crippen molar-refractivity contribution in [2.24, 2.45) is 0 Å². The van der Waals surface area contributed by atoms with Crippen molar-refractivity contribution in [1.82, 2.24) is 14.9 Å². The number of hydrogen-bond acceptors (Lipinski definition) is 2. The van der Waals surface area contributed by atoms with Crippen molar-refractivity contribution >= 4 is 15.9 Å². The van der Waals surface area contributed by atoms with E-state index >= 15 is 0 Å². The van der Waals surface area contributed by atoms with E-state index in [1.165, 1.54) is 11.3 Å². The normalized spacial score (nSPS) is 10.9. The summed E-state index contributed by atoms with van der Waals surface area (Å²) >= 11 is 3.57. The van der Waals surface area contributed by atoms with E-state index in [0.29, 0.717) is 0 Å². The van der Waals surface area contributed by atoms with E-state index in [4.69, 9.17) is 0 Å².